The number of amides is 1. The number of nitrogens with zero attached hydrogens (tertiary/aromatic N) is 4. The lowest BCUT2D eigenvalue weighted by Gasteiger charge is -2.07. The molecular weight excluding hydrogens is 282 g/mol. The lowest BCUT2D eigenvalue weighted by atomic mass is 10.2. The SMILES string of the molecule is CCCC(=O)Nc1cccc(NC=C(C#N)c2nn[nH]n2)c1. The van der Waals surface area contributed by atoms with Crippen molar-refractivity contribution in [2.75, 3.05) is 10.6 Å². The maximum Gasteiger partial charge on any atom is 0.224 e. The van der Waals surface area contributed by atoms with Crippen LogP contribution in [0.15, 0.2) is 30.5 Å². The van der Waals surface area contributed by atoms with Crippen LogP contribution in [0.5, 0.6) is 0 Å². The normalized spacial score (nSPS) is 10.8. The molecule has 0 aliphatic carbocycles. The highest BCUT2D eigenvalue weighted by Gasteiger charge is 2.05. The second-order valence-corrected chi connectivity index (χ2v) is 4.43. The number of carbonyl (C=O) groups is 1. The van der Waals surface area contributed by atoms with E-state index in [1.807, 2.05) is 19.1 Å². The third-order valence-electron chi connectivity index (χ3n) is 2.71. The summed E-state index contributed by atoms with van der Waals surface area (Å²) in [6.45, 7) is 1.95. The number of nitrogens with one attached hydrogen (secondary N) is 3. The molecule has 8 heteroatoms. The van der Waals surface area contributed by atoms with Gasteiger partial charge in [-0.05, 0) is 29.8 Å². The molecule has 1 aromatic heterocycles. The van der Waals surface area contributed by atoms with Gasteiger partial charge in [-0.2, -0.15) is 10.5 Å². The highest BCUT2D eigenvalue weighted by molar-refractivity contribution is 5.91. The van der Waals surface area contributed by atoms with Crippen molar-refractivity contribution in [1.82, 2.24) is 20.6 Å². The van der Waals surface area contributed by atoms with Crippen LogP contribution in [0, 0.1) is 11.3 Å². The zero-order valence-corrected chi connectivity index (χ0v) is 12.0. The van der Waals surface area contributed by atoms with Gasteiger partial charge in [-0.3, -0.25) is 4.79 Å². The molecule has 0 bridgehead atoms. The molecule has 22 heavy (non-hydrogen) atoms. The van der Waals surface area contributed by atoms with Crippen molar-refractivity contribution in [3.8, 4) is 6.07 Å². The van der Waals surface area contributed by atoms with Gasteiger partial charge in [0.15, 0.2) is 0 Å². The third kappa shape index (κ3) is 4.14. The number of benzene rings is 1. The molecule has 3 N–H and O–H groups in total. The number of allylic oxidation sites excluding steroid dienone is 1. The molecule has 0 aliphatic heterocycles. The van der Waals surface area contributed by atoms with Gasteiger partial charge in [0.2, 0.25) is 11.7 Å². The number of hydrogen-bond donors (Lipinski definition) is 3. The van der Waals surface area contributed by atoms with E-state index in [1.165, 1.54) is 6.20 Å². The fourth-order valence-electron chi connectivity index (χ4n) is 1.72. The van der Waals surface area contributed by atoms with Crippen LogP contribution in [-0.2, 0) is 4.79 Å². The van der Waals surface area contributed by atoms with Crippen LogP contribution in [0.25, 0.3) is 5.57 Å². The first-order valence-electron chi connectivity index (χ1n) is 6.73. The molecule has 112 valence electrons. The minimum Gasteiger partial charge on any atom is -0.360 e. The molecule has 0 saturated carbocycles. The molecule has 8 nitrogen and oxygen atoms in total. The van der Waals surface area contributed by atoms with E-state index in [0.29, 0.717) is 12.1 Å². The summed E-state index contributed by atoms with van der Waals surface area (Å²) in [4.78, 5) is 11.6. The van der Waals surface area contributed by atoms with E-state index in [1.54, 1.807) is 18.2 Å². The molecule has 0 unspecified atom stereocenters. The molecule has 1 amide bonds. The predicted molar refractivity (Wildman–Crippen MR) is 81.4 cm³/mol. The first kappa shape index (κ1) is 15.2. The van der Waals surface area contributed by atoms with Crippen molar-refractivity contribution >= 4 is 22.9 Å². The molecule has 2 aromatic rings. The summed E-state index contributed by atoms with van der Waals surface area (Å²) in [7, 11) is 0. The molecule has 0 radical (unpaired) electrons. The zero-order valence-electron chi connectivity index (χ0n) is 12.0. The van der Waals surface area contributed by atoms with E-state index in [-0.39, 0.29) is 17.3 Å². The molecule has 2 rings (SSSR count). The minimum atomic E-state index is -0.0281. The summed E-state index contributed by atoms with van der Waals surface area (Å²) in [6.07, 6.45) is 2.76. The summed E-state index contributed by atoms with van der Waals surface area (Å²) >= 11 is 0. The molecule has 1 heterocycles. The molecule has 0 aliphatic rings. The van der Waals surface area contributed by atoms with Crippen LogP contribution in [0.3, 0.4) is 0 Å². The van der Waals surface area contributed by atoms with Crippen LogP contribution >= 0.6 is 0 Å². The van der Waals surface area contributed by atoms with Gasteiger partial charge in [0.1, 0.15) is 11.6 Å². The second kappa shape index (κ2) is 7.54. The number of rotatable bonds is 6. The van der Waals surface area contributed by atoms with E-state index in [2.05, 4.69) is 31.3 Å². The van der Waals surface area contributed by atoms with Gasteiger partial charge in [-0.25, -0.2) is 0 Å². The Bertz CT molecular complexity index is 700. The lowest BCUT2D eigenvalue weighted by Crippen LogP contribution is -2.10. The van der Waals surface area contributed by atoms with Crippen molar-refractivity contribution in [2.45, 2.75) is 19.8 Å². The summed E-state index contributed by atoms with van der Waals surface area (Å²) in [5.74, 6) is 0.183. The fraction of sp³-hybridized carbons (Fsp3) is 0.214. The molecular formula is C14H15N7O. The Labute approximate surface area is 127 Å². The van der Waals surface area contributed by atoms with Crippen molar-refractivity contribution in [3.63, 3.8) is 0 Å². The molecule has 0 atom stereocenters. The number of anilines is 2. The Morgan fingerprint density at radius 1 is 1.45 bits per heavy atom. The summed E-state index contributed by atoms with van der Waals surface area (Å²) < 4.78 is 0. The smallest absolute Gasteiger partial charge is 0.224 e. The predicted octanol–water partition coefficient (Wildman–Crippen LogP) is 1.91. The fourth-order valence-corrected chi connectivity index (χ4v) is 1.72. The summed E-state index contributed by atoms with van der Waals surface area (Å²) in [5, 5.41) is 28.0. The van der Waals surface area contributed by atoms with Crippen molar-refractivity contribution in [3.05, 3.63) is 36.3 Å². The molecule has 1 aromatic carbocycles. The maximum atomic E-state index is 11.6. The Morgan fingerprint density at radius 3 is 2.95 bits per heavy atom. The molecule has 0 saturated heterocycles. The van der Waals surface area contributed by atoms with Crippen molar-refractivity contribution < 1.29 is 4.79 Å². The summed E-state index contributed by atoms with van der Waals surface area (Å²) in [6, 6.07) is 9.17. The maximum absolute atomic E-state index is 11.6. The zero-order chi connectivity index (χ0) is 15.8. The van der Waals surface area contributed by atoms with Crippen LogP contribution in [0.4, 0.5) is 11.4 Å². The van der Waals surface area contributed by atoms with E-state index in [9.17, 15) is 4.79 Å². The monoisotopic (exact) mass is 297 g/mol. The first-order valence-corrected chi connectivity index (χ1v) is 6.73. The Morgan fingerprint density at radius 2 is 2.27 bits per heavy atom. The molecule has 0 fully saturated rings. The van der Waals surface area contributed by atoms with Gasteiger partial charge in [-0.15, -0.1) is 10.2 Å². The second-order valence-electron chi connectivity index (χ2n) is 4.43. The van der Waals surface area contributed by atoms with E-state index < -0.39 is 0 Å². The number of hydrogen-bond acceptors (Lipinski definition) is 6. The Balaban J connectivity index is 2.07. The molecule has 0 spiro atoms. The quantitative estimate of drug-likeness (QED) is 0.701. The lowest BCUT2D eigenvalue weighted by molar-refractivity contribution is -0.116. The Kier molecular flexibility index (Phi) is 5.20. The number of aromatic nitrogens is 4. The van der Waals surface area contributed by atoms with Crippen molar-refractivity contribution in [1.29, 1.82) is 5.26 Å². The van der Waals surface area contributed by atoms with Crippen molar-refractivity contribution in [2.24, 2.45) is 0 Å². The van der Waals surface area contributed by atoms with Gasteiger partial charge >= 0.3 is 0 Å². The van der Waals surface area contributed by atoms with E-state index in [4.69, 9.17) is 5.26 Å². The van der Waals surface area contributed by atoms with Gasteiger partial charge < -0.3 is 10.6 Å². The number of carbonyl (C=O) groups excluding carboxylic acids is 1. The highest BCUT2D eigenvalue weighted by atomic mass is 16.1. The highest BCUT2D eigenvalue weighted by Crippen LogP contribution is 2.16. The standard InChI is InChI=1S/C14H15N7O/c1-2-4-13(22)17-12-6-3-5-11(7-12)16-9-10(8-15)14-18-20-21-19-14/h3,5-7,9,16H,2,4H2,1H3,(H,17,22)(H,18,19,20,21). The third-order valence-corrected chi connectivity index (χ3v) is 2.71. The number of aromatic amines is 1. The number of nitriles is 1. The van der Waals surface area contributed by atoms with Gasteiger partial charge in [0.05, 0.1) is 0 Å². The van der Waals surface area contributed by atoms with E-state index >= 15 is 0 Å². The van der Waals surface area contributed by atoms with Crippen LogP contribution < -0.4 is 10.6 Å². The van der Waals surface area contributed by atoms with Gasteiger partial charge in [-0.1, -0.05) is 13.0 Å². The minimum absolute atomic E-state index is 0.0281. The van der Waals surface area contributed by atoms with Gasteiger partial charge in [0, 0.05) is 24.0 Å². The van der Waals surface area contributed by atoms with Crippen LogP contribution in [0.1, 0.15) is 25.6 Å². The average molecular weight is 297 g/mol. The topological polar surface area (TPSA) is 119 Å². The van der Waals surface area contributed by atoms with Crippen LogP contribution in [-0.4, -0.2) is 26.5 Å². The average Bonchev–Trinajstić information content (AvgIpc) is 3.03. The van der Waals surface area contributed by atoms with E-state index in [0.717, 1.165) is 12.1 Å². The number of H-pyrrole nitrogens is 1. The number of tetrazole rings is 1. The first-order chi connectivity index (χ1) is 10.7. The van der Waals surface area contributed by atoms with Gasteiger partial charge in [0.25, 0.3) is 0 Å². The Hall–Kier alpha value is -3.21. The largest absolute Gasteiger partial charge is 0.360 e. The van der Waals surface area contributed by atoms with Crippen LogP contribution in [0.2, 0.25) is 0 Å². The summed E-state index contributed by atoms with van der Waals surface area (Å²) in [5.41, 5.74) is 1.66.